The highest BCUT2D eigenvalue weighted by Gasteiger charge is 2.28. The van der Waals surface area contributed by atoms with Crippen LogP contribution in [0.4, 0.5) is 0 Å². The fourth-order valence-corrected chi connectivity index (χ4v) is 8.15. The van der Waals surface area contributed by atoms with E-state index < -0.39 is 23.9 Å². The quantitative estimate of drug-likeness (QED) is 0.0472. The molecule has 0 N–H and O–H groups in total. The summed E-state index contributed by atoms with van der Waals surface area (Å²) in [6.45, 7) is 9.33. The number of esters is 4. The van der Waals surface area contributed by atoms with E-state index >= 15 is 0 Å². The van der Waals surface area contributed by atoms with Gasteiger partial charge >= 0.3 is 23.9 Å². The van der Waals surface area contributed by atoms with Crippen molar-refractivity contribution in [2.75, 3.05) is 40.6 Å². The van der Waals surface area contributed by atoms with Gasteiger partial charge in [-0.3, -0.25) is 19.2 Å². The lowest BCUT2D eigenvalue weighted by molar-refractivity contribution is -0.148. The molecule has 10 nitrogen and oxygen atoms in total. The number of rotatable bonds is 20. The molecule has 0 fully saturated rings. The van der Waals surface area contributed by atoms with Gasteiger partial charge < -0.3 is 28.4 Å². The predicted molar refractivity (Wildman–Crippen MR) is 219 cm³/mol. The van der Waals surface area contributed by atoms with Crippen LogP contribution in [-0.2, 0) is 47.6 Å². The van der Waals surface area contributed by atoms with E-state index in [1.54, 1.807) is 47.8 Å². The topological polar surface area (TPSA) is 124 Å². The minimum Gasteiger partial charge on any atom is -0.463 e. The van der Waals surface area contributed by atoms with E-state index in [4.69, 9.17) is 52.9 Å². The summed E-state index contributed by atoms with van der Waals surface area (Å²) in [7, 11) is 3.02. The third-order valence-corrected chi connectivity index (χ3v) is 11.1. The van der Waals surface area contributed by atoms with E-state index in [2.05, 4.69) is 52.0 Å². The second-order valence-electron chi connectivity index (χ2n) is 12.8. The van der Waals surface area contributed by atoms with Crippen LogP contribution < -0.4 is 9.47 Å². The zero-order valence-electron chi connectivity index (χ0n) is 31.3. The maximum absolute atomic E-state index is 12.2. The van der Waals surface area contributed by atoms with Gasteiger partial charge in [-0.2, -0.15) is 0 Å². The van der Waals surface area contributed by atoms with Crippen LogP contribution in [0.5, 0.6) is 11.5 Å². The second-order valence-corrected chi connectivity index (χ2v) is 17.4. The minimum absolute atomic E-state index is 0.0713. The fourth-order valence-electron chi connectivity index (χ4n) is 4.69. The molecule has 0 unspecified atom stereocenters. The summed E-state index contributed by atoms with van der Waals surface area (Å²) in [5, 5.41) is 0. The Morgan fingerprint density at radius 2 is 0.815 bits per heavy atom. The highest BCUT2D eigenvalue weighted by molar-refractivity contribution is 8.24. The largest absolute Gasteiger partial charge is 0.463 e. The van der Waals surface area contributed by atoms with Crippen molar-refractivity contribution < 1.29 is 47.6 Å². The highest BCUT2D eigenvalue weighted by Crippen LogP contribution is 2.42. The maximum Gasteiger partial charge on any atom is 0.311 e. The van der Waals surface area contributed by atoms with E-state index in [0.29, 0.717) is 33.1 Å². The molecule has 0 saturated carbocycles. The zero-order valence-corrected chi connectivity index (χ0v) is 34.6. The Bertz CT molecular complexity index is 1610. The first-order valence-electron chi connectivity index (χ1n) is 17.1. The monoisotopic (exact) mass is 814 g/mol. The van der Waals surface area contributed by atoms with Crippen LogP contribution in [0.2, 0.25) is 0 Å². The number of hydrogen-bond donors (Lipinski definition) is 0. The maximum atomic E-state index is 12.2. The third-order valence-electron chi connectivity index (χ3n) is 7.78. The summed E-state index contributed by atoms with van der Waals surface area (Å²) in [6.07, 6.45) is -0.326. The van der Waals surface area contributed by atoms with Gasteiger partial charge in [-0.05, 0) is 98.5 Å². The summed E-state index contributed by atoms with van der Waals surface area (Å²) in [6, 6.07) is 22.4. The zero-order chi connectivity index (χ0) is 39.7. The lowest BCUT2D eigenvalue weighted by Gasteiger charge is -2.28. The smallest absolute Gasteiger partial charge is 0.311 e. The molecule has 0 radical (unpaired) electrons. The molecule has 0 aliphatic rings. The third kappa shape index (κ3) is 15.2. The van der Waals surface area contributed by atoms with Gasteiger partial charge in [0.1, 0.15) is 24.7 Å². The molecule has 0 atom stereocenters. The van der Waals surface area contributed by atoms with Gasteiger partial charge in [0, 0.05) is 23.7 Å². The SMILES string of the molecule is COCCOC(=O)CCC(=O)Oc1ccc(C(=S)SC(C)(C)c2ccc(C(C)(C)SC(=S)c3ccc(OC(=O)CCC(=O)OCCOC)cc3)cc2)cc1. The predicted octanol–water partition coefficient (Wildman–Crippen LogP) is 8.13. The Labute approximate surface area is 336 Å². The molecule has 0 heterocycles. The van der Waals surface area contributed by atoms with Crippen LogP contribution in [0.3, 0.4) is 0 Å². The van der Waals surface area contributed by atoms with Crippen LogP contribution >= 0.6 is 48.0 Å². The Morgan fingerprint density at radius 3 is 1.13 bits per heavy atom. The van der Waals surface area contributed by atoms with Crippen molar-refractivity contribution in [2.45, 2.75) is 62.9 Å². The summed E-state index contributed by atoms with van der Waals surface area (Å²) in [5.74, 6) is -1.30. The van der Waals surface area contributed by atoms with Crippen molar-refractivity contribution in [3.8, 4) is 11.5 Å². The molecule has 0 bridgehead atoms. The molecule has 290 valence electrons. The number of carbonyl (C=O) groups excluding carboxylic acids is 4. The molecule has 54 heavy (non-hydrogen) atoms. The van der Waals surface area contributed by atoms with Gasteiger partial charge in [0.25, 0.3) is 0 Å². The molecule has 0 aliphatic carbocycles. The Balaban J connectivity index is 1.50. The molecule has 0 aliphatic heterocycles. The van der Waals surface area contributed by atoms with E-state index in [9.17, 15) is 19.2 Å². The van der Waals surface area contributed by atoms with Gasteiger partial charge in [-0.1, -0.05) is 48.7 Å². The van der Waals surface area contributed by atoms with Crippen molar-refractivity contribution in [3.63, 3.8) is 0 Å². The molecule has 3 aromatic rings. The molecule has 3 aromatic carbocycles. The molecule has 0 saturated heterocycles. The second kappa shape index (κ2) is 22.0. The summed E-state index contributed by atoms with van der Waals surface area (Å²) in [4.78, 5) is 47.8. The number of benzene rings is 3. The molecule has 0 spiro atoms. The van der Waals surface area contributed by atoms with Gasteiger partial charge in [-0.15, -0.1) is 23.5 Å². The van der Waals surface area contributed by atoms with Crippen molar-refractivity contribution in [1.82, 2.24) is 0 Å². The molecule has 0 amide bonds. The van der Waals surface area contributed by atoms with Crippen molar-refractivity contribution in [2.24, 2.45) is 0 Å². The van der Waals surface area contributed by atoms with Crippen LogP contribution in [0.15, 0.2) is 72.8 Å². The summed E-state index contributed by atoms with van der Waals surface area (Å²) >= 11 is 14.7. The number of thioether (sulfide) groups is 2. The Kier molecular flexibility index (Phi) is 18.3. The van der Waals surface area contributed by atoms with Gasteiger partial charge in [-0.25, -0.2) is 0 Å². The van der Waals surface area contributed by atoms with E-state index in [1.165, 1.54) is 14.2 Å². The number of thiocarbonyl (C=S) groups is 2. The molecule has 3 rings (SSSR count). The van der Waals surface area contributed by atoms with Crippen LogP contribution in [0.1, 0.15) is 75.6 Å². The van der Waals surface area contributed by atoms with Crippen LogP contribution in [-0.4, -0.2) is 72.9 Å². The Morgan fingerprint density at radius 1 is 0.500 bits per heavy atom. The lowest BCUT2D eigenvalue weighted by Crippen LogP contribution is -2.18. The standard InChI is InChI=1S/C40H46O10S4/c1-39(2,53-37(51)27-7-15-31(16-8-27)49-35(43)21-19-33(41)47-25-23-45-5)29-11-13-30(14-12-29)40(3,4)54-38(52)28-9-17-32(18-10-28)50-36(44)22-20-34(42)48-26-24-46-6/h7-18H,19-26H2,1-6H3. The highest BCUT2D eigenvalue weighted by atomic mass is 32.2. The first-order valence-corrected chi connectivity index (χ1v) is 19.6. The average Bonchev–Trinajstić information content (AvgIpc) is 3.13. The van der Waals surface area contributed by atoms with Crippen molar-refractivity contribution in [3.05, 3.63) is 95.1 Å². The van der Waals surface area contributed by atoms with E-state index in [-0.39, 0.29) is 48.4 Å². The van der Waals surface area contributed by atoms with Gasteiger partial charge in [0.15, 0.2) is 0 Å². The first kappa shape index (κ1) is 44.7. The van der Waals surface area contributed by atoms with Crippen molar-refractivity contribution >= 4 is 80.2 Å². The van der Waals surface area contributed by atoms with Crippen molar-refractivity contribution in [1.29, 1.82) is 0 Å². The molecular weight excluding hydrogens is 769 g/mol. The first-order chi connectivity index (χ1) is 25.6. The van der Waals surface area contributed by atoms with Crippen LogP contribution in [0, 0.1) is 0 Å². The minimum atomic E-state index is -0.529. The fraction of sp³-hybridized carbons (Fsp3) is 0.400. The number of methoxy groups -OCH3 is 2. The number of hydrogen-bond acceptors (Lipinski definition) is 14. The van der Waals surface area contributed by atoms with Gasteiger partial charge in [0.05, 0.1) is 47.3 Å². The number of ether oxygens (including phenoxy) is 6. The lowest BCUT2D eigenvalue weighted by atomic mass is 9.96. The summed E-state index contributed by atoms with van der Waals surface area (Å²) in [5.41, 5.74) is 3.85. The number of carbonyl (C=O) groups is 4. The van der Waals surface area contributed by atoms with E-state index in [0.717, 1.165) is 22.3 Å². The molecular formula is C40H46O10S4. The van der Waals surface area contributed by atoms with Gasteiger partial charge in [0.2, 0.25) is 0 Å². The average molecular weight is 815 g/mol. The van der Waals surface area contributed by atoms with Crippen LogP contribution in [0.25, 0.3) is 0 Å². The molecule has 0 aromatic heterocycles. The van der Waals surface area contributed by atoms with E-state index in [1.807, 2.05) is 24.3 Å². The summed E-state index contributed by atoms with van der Waals surface area (Å²) < 4.78 is 31.0. The Hall–Kier alpha value is -3.66. The normalized spacial score (nSPS) is 11.4. The molecule has 14 heteroatoms.